The number of aliphatic hydroxyl groups is 3. The van der Waals surface area contributed by atoms with Crippen molar-refractivity contribution in [1.82, 2.24) is 0 Å². The zero-order valence-corrected chi connectivity index (χ0v) is 20.8. The molecular weight excluding hydrogens is 512 g/mol. The van der Waals surface area contributed by atoms with Crippen molar-refractivity contribution in [3.05, 3.63) is 35.4 Å². The van der Waals surface area contributed by atoms with E-state index in [-0.39, 0.29) is 45.6 Å². The molecule has 14 nitrogen and oxygen atoms in total. The summed E-state index contributed by atoms with van der Waals surface area (Å²) in [6.45, 7) is -0.621. The zero-order valence-electron chi connectivity index (χ0n) is 20.8. The number of methoxy groups -OCH3 is 4. The number of benzene rings is 2. The number of rotatable bonds is 9. The molecule has 2 aromatic rings. The van der Waals surface area contributed by atoms with Crippen LogP contribution in [0.3, 0.4) is 0 Å². The van der Waals surface area contributed by atoms with E-state index >= 15 is 0 Å². The molecule has 0 aliphatic carbocycles. The van der Waals surface area contributed by atoms with Gasteiger partial charge in [-0.15, -0.1) is 0 Å². The van der Waals surface area contributed by atoms with Gasteiger partial charge in [0.1, 0.15) is 31.0 Å². The standard InChI is InChI=1S/C24H28O14/c1-32-12-5-10(6-13(33-2)17(12)25)22(30)36-9-16-19(27)20(28)21(29)24(37-16)38-23(31)11-7-14(34-3)18(26)15(8-11)35-4/h5-8,16,19-21,24-29H,9H2,1-4H3/t16-,19-,20+,21-,24+/m1/s1. The van der Waals surface area contributed by atoms with Crippen molar-refractivity contribution < 1.29 is 68.3 Å². The number of aromatic hydroxyl groups is 2. The molecule has 0 amide bonds. The summed E-state index contributed by atoms with van der Waals surface area (Å²) in [4.78, 5) is 25.3. The van der Waals surface area contributed by atoms with Crippen molar-refractivity contribution in [1.29, 1.82) is 0 Å². The first-order valence-electron chi connectivity index (χ1n) is 11.0. The fourth-order valence-electron chi connectivity index (χ4n) is 3.59. The molecule has 1 aliphatic rings. The first-order valence-corrected chi connectivity index (χ1v) is 11.0. The average Bonchev–Trinajstić information content (AvgIpc) is 2.92. The van der Waals surface area contributed by atoms with Gasteiger partial charge >= 0.3 is 11.9 Å². The number of hydrogen-bond donors (Lipinski definition) is 5. The highest BCUT2D eigenvalue weighted by molar-refractivity contribution is 5.92. The molecule has 1 fully saturated rings. The molecule has 5 N–H and O–H groups in total. The quantitative estimate of drug-likeness (QED) is 0.265. The molecule has 0 spiro atoms. The van der Waals surface area contributed by atoms with Crippen LogP contribution >= 0.6 is 0 Å². The number of phenolic OH excluding ortho intramolecular Hbond substituents is 2. The van der Waals surface area contributed by atoms with Gasteiger partial charge in [-0.3, -0.25) is 0 Å². The number of aliphatic hydroxyl groups excluding tert-OH is 3. The lowest BCUT2D eigenvalue weighted by Crippen LogP contribution is -2.59. The van der Waals surface area contributed by atoms with Gasteiger partial charge in [-0.25, -0.2) is 9.59 Å². The Hall–Kier alpha value is -3.98. The molecule has 5 atom stereocenters. The minimum absolute atomic E-state index is 0.0572. The van der Waals surface area contributed by atoms with Gasteiger partial charge < -0.3 is 58.7 Å². The Bertz CT molecular complexity index is 1110. The number of ether oxygens (including phenoxy) is 7. The number of carbonyl (C=O) groups excluding carboxylic acids is 2. The van der Waals surface area contributed by atoms with Crippen LogP contribution in [0.2, 0.25) is 0 Å². The molecule has 38 heavy (non-hydrogen) atoms. The molecule has 1 saturated heterocycles. The molecule has 0 radical (unpaired) electrons. The molecule has 0 bridgehead atoms. The maximum absolute atomic E-state index is 12.7. The van der Waals surface area contributed by atoms with Gasteiger partial charge in [0.15, 0.2) is 23.0 Å². The van der Waals surface area contributed by atoms with Crippen molar-refractivity contribution in [3.8, 4) is 34.5 Å². The van der Waals surface area contributed by atoms with Gasteiger partial charge in [0.25, 0.3) is 0 Å². The largest absolute Gasteiger partial charge is 0.502 e. The summed E-state index contributed by atoms with van der Waals surface area (Å²) in [5.74, 6) is -2.96. The second-order valence-corrected chi connectivity index (χ2v) is 7.98. The summed E-state index contributed by atoms with van der Waals surface area (Å²) in [7, 11) is 5.06. The minimum Gasteiger partial charge on any atom is -0.502 e. The Morgan fingerprint density at radius 2 is 1.13 bits per heavy atom. The van der Waals surface area contributed by atoms with E-state index in [0.717, 1.165) is 12.1 Å². The average molecular weight is 540 g/mol. The molecule has 1 heterocycles. The number of esters is 2. The summed E-state index contributed by atoms with van der Waals surface area (Å²) < 4.78 is 35.7. The van der Waals surface area contributed by atoms with Gasteiger partial charge in [0.2, 0.25) is 17.8 Å². The summed E-state index contributed by atoms with van der Waals surface area (Å²) in [6, 6.07) is 4.70. The molecule has 0 aromatic heterocycles. The minimum atomic E-state index is -1.85. The Balaban J connectivity index is 1.73. The van der Waals surface area contributed by atoms with Crippen LogP contribution in [-0.2, 0) is 14.2 Å². The molecule has 2 aromatic carbocycles. The zero-order chi connectivity index (χ0) is 28.1. The molecule has 208 valence electrons. The molecule has 14 heteroatoms. The normalized spacial score (nSPS) is 22.8. The van der Waals surface area contributed by atoms with E-state index < -0.39 is 49.3 Å². The Morgan fingerprint density at radius 3 is 1.55 bits per heavy atom. The van der Waals surface area contributed by atoms with E-state index in [4.69, 9.17) is 33.2 Å². The van der Waals surface area contributed by atoms with E-state index in [2.05, 4.69) is 0 Å². The van der Waals surface area contributed by atoms with E-state index in [0.29, 0.717) is 0 Å². The van der Waals surface area contributed by atoms with Crippen molar-refractivity contribution in [2.75, 3.05) is 35.0 Å². The van der Waals surface area contributed by atoms with Crippen LogP contribution in [0, 0.1) is 0 Å². The van der Waals surface area contributed by atoms with Crippen molar-refractivity contribution in [2.24, 2.45) is 0 Å². The predicted octanol–water partition coefficient (Wildman–Crippen LogP) is -0.0464. The molecule has 0 saturated carbocycles. The highest BCUT2D eigenvalue weighted by atomic mass is 16.7. The Morgan fingerprint density at radius 1 is 0.711 bits per heavy atom. The maximum atomic E-state index is 12.7. The molecule has 0 unspecified atom stereocenters. The van der Waals surface area contributed by atoms with Gasteiger partial charge in [-0.1, -0.05) is 0 Å². The summed E-state index contributed by atoms with van der Waals surface area (Å²) in [5.41, 5.74) is -0.216. The van der Waals surface area contributed by atoms with Crippen LogP contribution in [0.15, 0.2) is 24.3 Å². The maximum Gasteiger partial charge on any atom is 0.340 e. The van der Waals surface area contributed by atoms with Crippen molar-refractivity contribution in [2.45, 2.75) is 30.7 Å². The summed E-state index contributed by atoms with van der Waals surface area (Å²) in [6.07, 6.45) is -8.59. The SMILES string of the molecule is COc1cc(C(=O)OC[C@H]2O[C@@H](OC(=O)c3cc(OC)c(O)c(OC)c3)[C@H](O)[C@@H](O)[C@@H]2O)cc(OC)c1O. The van der Waals surface area contributed by atoms with Gasteiger partial charge in [-0.05, 0) is 24.3 Å². The van der Waals surface area contributed by atoms with Crippen LogP contribution in [0.4, 0.5) is 0 Å². The Kier molecular flexibility index (Phi) is 9.06. The smallest absolute Gasteiger partial charge is 0.340 e. The van der Waals surface area contributed by atoms with Crippen LogP contribution in [0.1, 0.15) is 20.7 Å². The number of carbonyl (C=O) groups is 2. The van der Waals surface area contributed by atoms with Crippen molar-refractivity contribution >= 4 is 11.9 Å². The van der Waals surface area contributed by atoms with Crippen LogP contribution in [0.25, 0.3) is 0 Å². The van der Waals surface area contributed by atoms with Gasteiger partial charge in [0, 0.05) is 0 Å². The topological polar surface area (TPSA) is 200 Å². The molecule has 3 rings (SSSR count). The van der Waals surface area contributed by atoms with Crippen molar-refractivity contribution in [3.63, 3.8) is 0 Å². The third kappa shape index (κ3) is 5.78. The number of phenols is 2. The lowest BCUT2D eigenvalue weighted by molar-refractivity contribution is -0.285. The molecule has 1 aliphatic heterocycles. The van der Waals surface area contributed by atoms with E-state index in [1.807, 2.05) is 0 Å². The van der Waals surface area contributed by atoms with E-state index in [9.17, 15) is 35.1 Å². The second kappa shape index (κ2) is 12.0. The van der Waals surface area contributed by atoms with Gasteiger partial charge in [-0.2, -0.15) is 0 Å². The number of hydrogen-bond acceptors (Lipinski definition) is 14. The predicted molar refractivity (Wildman–Crippen MR) is 125 cm³/mol. The highest BCUT2D eigenvalue weighted by Gasteiger charge is 2.46. The first kappa shape index (κ1) is 28.6. The fraction of sp³-hybridized carbons (Fsp3) is 0.417. The van der Waals surface area contributed by atoms with Crippen LogP contribution < -0.4 is 18.9 Å². The van der Waals surface area contributed by atoms with Gasteiger partial charge in [0.05, 0.1) is 39.6 Å². The highest BCUT2D eigenvalue weighted by Crippen LogP contribution is 2.38. The Labute approximate surface area is 216 Å². The lowest BCUT2D eigenvalue weighted by atomic mass is 9.99. The second-order valence-electron chi connectivity index (χ2n) is 7.98. The first-order chi connectivity index (χ1) is 18.1. The van der Waals surface area contributed by atoms with E-state index in [1.54, 1.807) is 0 Å². The fourth-order valence-corrected chi connectivity index (χ4v) is 3.59. The van der Waals surface area contributed by atoms with Crippen LogP contribution in [0.5, 0.6) is 34.5 Å². The third-order valence-corrected chi connectivity index (χ3v) is 5.70. The summed E-state index contributed by atoms with van der Waals surface area (Å²) in [5, 5.41) is 50.9. The van der Waals surface area contributed by atoms with Crippen LogP contribution in [-0.4, -0.2) is 103 Å². The lowest BCUT2D eigenvalue weighted by Gasteiger charge is -2.39. The molecular formula is C24H28O14. The van der Waals surface area contributed by atoms with E-state index in [1.165, 1.54) is 40.6 Å². The monoisotopic (exact) mass is 540 g/mol. The summed E-state index contributed by atoms with van der Waals surface area (Å²) >= 11 is 0. The third-order valence-electron chi connectivity index (χ3n) is 5.70.